The zero-order chi connectivity index (χ0) is 19.1. The molecule has 1 N–H and O–H groups in total. The van der Waals surface area contributed by atoms with Gasteiger partial charge in [-0.1, -0.05) is 32.4 Å². The Labute approximate surface area is 156 Å². The fourth-order valence-corrected chi connectivity index (χ4v) is 3.21. The van der Waals surface area contributed by atoms with Crippen LogP contribution in [0.25, 0.3) is 0 Å². The number of aryl methyl sites for hydroxylation is 1. The van der Waals surface area contributed by atoms with Gasteiger partial charge in [0.25, 0.3) is 0 Å². The van der Waals surface area contributed by atoms with Crippen molar-refractivity contribution in [2.45, 2.75) is 33.2 Å². The van der Waals surface area contributed by atoms with Gasteiger partial charge in [-0.15, -0.1) is 0 Å². The number of benzene rings is 1. The van der Waals surface area contributed by atoms with Gasteiger partial charge in [-0.25, -0.2) is 4.79 Å². The number of ether oxygens (including phenoxy) is 1. The van der Waals surface area contributed by atoms with Gasteiger partial charge < -0.3 is 15.0 Å². The molecule has 1 amide bonds. The Balaban J connectivity index is 1.84. The third kappa shape index (κ3) is 5.46. The van der Waals surface area contributed by atoms with Crippen molar-refractivity contribution in [3.05, 3.63) is 29.8 Å². The van der Waals surface area contributed by atoms with Crippen LogP contribution in [0.2, 0.25) is 0 Å². The van der Waals surface area contributed by atoms with Crippen LogP contribution in [-0.2, 0) is 14.3 Å². The average molecular weight is 361 g/mol. The Morgan fingerprint density at radius 3 is 2.50 bits per heavy atom. The molecule has 0 radical (unpaired) electrons. The second-order valence-corrected chi connectivity index (χ2v) is 7.06. The summed E-state index contributed by atoms with van der Waals surface area (Å²) in [5.41, 5.74) is 2.49. The number of methoxy groups -OCH3 is 1. The summed E-state index contributed by atoms with van der Waals surface area (Å²) < 4.78 is 4.82. The number of piperazine rings is 1. The third-order valence-corrected chi connectivity index (χ3v) is 5.09. The summed E-state index contributed by atoms with van der Waals surface area (Å²) in [7, 11) is 1.36. The molecule has 1 aromatic carbocycles. The molecule has 0 bridgehead atoms. The van der Waals surface area contributed by atoms with Crippen LogP contribution < -0.4 is 10.2 Å². The van der Waals surface area contributed by atoms with Crippen LogP contribution in [0.15, 0.2) is 24.3 Å². The van der Waals surface area contributed by atoms with E-state index in [1.807, 2.05) is 13.8 Å². The van der Waals surface area contributed by atoms with E-state index in [1.54, 1.807) is 0 Å². The molecule has 2 rings (SSSR count). The van der Waals surface area contributed by atoms with Gasteiger partial charge in [0.2, 0.25) is 5.91 Å². The molecule has 0 saturated carbocycles. The number of nitrogens with one attached hydrogen (secondary N) is 1. The molecule has 6 nitrogen and oxygen atoms in total. The zero-order valence-corrected chi connectivity index (χ0v) is 16.3. The number of esters is 1. The first-order chi connectivity index (χ1) is 12.4. The quantitative estimate of drug-likeness (QED) is 0.751. The zero-order valence-electron chi connectivity index (χ0n) is 16.3. The molecule has 144 valence electrons. The van der Waals surface area contributed by atoms with Gasteiger partial charge in [0.1, 0.15) is 6.04 Å². The summed E-state index contributed by atoms with van der Waals surface area (Å²) in [4.78, 5) is 28.8. The molecule has 2 unspecified atom stereocenters. The van der Waals surface area contributed by atoms with Crippen molar-refractivity contribution < 1.29 is 14.3 Å². The molecular formula is C20H31N3O3. The number of hydrogen-bond acceptors (Lipinski definition) is 5. The van der Waals surface area contributed by atoms with E-state index in [9.17, 15) is 9.59 Å². The van der Waals surface area contributed by atoms with Gasteiger partial charge in [-0.2, -0.15) is 0 Å². The highest BCUT2D eigenvalue weighted by Gasteiger charge is 2.27. The number of carbonyl (C=O) groups excluding carboxylic acids is 2. The number of nitrogens with zero attached hydrogens (tertiary/aromatic N) is 2. The van der Waals surface area contributed by atoms with Crippen LogP contribution in [0.3, 0.4) is 0 Å². The van der Waals surface area contributed by atoms with Gasteiger partial charge in [0.15, 0.2) is 0 Å². The molecule has 6 heteroatoms. The standard InChI is InChI=1S/C20H31N3O3/c1-5-16(3)19(20(25)26-4)21-18(24)14-22-9-11-23(12-10-22)17-8-6-7-15(2)13-17/h6-8,13,16,19H,5,9-12,14H2,1-4H3,(H,21,24). The van der Waals surface area contributed by atoms with E-state index >= 15 is 0 Å². The number of carbonyl (C=O) groups is 2. The molecule has 1 fully saturated rings. The molecule has 0 spiro atoms. The van der Waals surface area contributed by atoms with Crippen molar-refractivity contribution >= 4 is 17.6 Å². The maximum Gasteiger partial charge on any atom is 0.328 e. The van der Waals surface area contributed by atoms with Crippen LogP contribution in [-0.4, -0.2) is 62.7 Å². The molecule has 0 aliphatic carbocycles. The van der Waals surface area contributed by atoms with Crippen molar-refractivity contribution in [2.75, 3.05) is 44.7 Å². The minimum atomic E-state index is -0.578. The highest BCUT2D eigenvalue weighted by molar-refractivity contribution is 5.85. The summed E-state index contributed by atoms with van der Waals surface area (Å²) in [5.74, 6) is -0.453. The SMILES string of the molecule is CCC(C)C(NC(=O)CN1CCN(c2cccc(C)c2)CC1)C(=O)OC. The van der Waals surface area contributed by atoms with E-state index in [0.29, 0.717) is 6.54 Å². The monoisotopic (exact) mass is 361 g/mol. The van der Waals surface area contributed by atoms with Gasteiger partial charge in [0.05, 0.1) is 13.7 Å². The number of hydrogen-bond donors (Lipinski definition) is 1. The lowest BCUT2D eigenvalue weighted by molar-refractivity contribution is -0.146. The van der Waals surface area contributed by atoms with E-state index in [4.69, 9.17) is 4.74 Å². The van der Waals surface area contributed by atoms with E-state index in [-0.39, 0.29) is 17.8 Å². The Kier molecular flexibility index (Phi) is 7.45. The lowest BCUT2D eigenvalue weighted by Gasteiger charge is -2.36. The second-order valence-electron chi connectivity index (χ2n) is 7.06. The van der Waals surface area contributed by atoms with Crippen molar-refractivity contribution in [3.63, 3.8) is 0 Å². The minimum absolute atomic E-state index is 0.0459. The highest BCUT2D eigenvalue weighted by Crippen LogP contribution is 2.17. The summed E-state index contributed by atoms with van der Waals surface area (Å²) in [6, 6.07) is 7.91. The smallest absolute Gasteiger partial charge is 0.328 e. The molecule has 1 aliphatic heterocycles. The predicted octanol–water partition coefficient (Wildman–Crippen LogP) is 1.82. The van der Waals surface area contributed by atoms with Gasteiger partial charge in [-0.3, -0.25) is 9.69 Å². The normalized spacial score (nSPS) is 17.5. The van der Waals surface area contributed by atoms with Gasteiger partial charge in [0, 0.05) is 31.9 Å². The topological polar surface area (TPSA) is 61.9 Å². The molecule has 2 atom stereocenters. The maximum absolute atomic E-state index is 12.4. The summed E-state index contributed by atoms with van der Waals surface area (Å²) in [6.07, 6.45) is 0.801. The van der Waals surface area contributed by atoms with Crippen LogP contribution in [0, 0.1) is 12.8 Å². The summed E-state index contributed by atoms with van der Waals surface area (Å²) in [5, 5.41) is 2.85. The number of rotatable bonds is 7. The Morgan fingerprint density at radius 2 is 1.92 bits per heavy atom. The molecule has 1 aromatic rings. The average Bonchev–Trinajstić information content (AvgIpc) is 2.65. The van der Waals surface area contributed by atoms with Gasteiger partial charge in [-0.05, 0) is 30.5 Å². The minimum Gasteiger partial charge on any atom is -0.467 e. The number of anilines is 1. The summed E-state index contributed by atoms with van der Waals surface area (Å²) in [6.45, 7) is 9.79. The first kappa shape index (κ1) is 20.2. The lowest BCUT2D eigenvalue weighted by atomic mass is 9.99. The van der Waals surface area contributed by atoms with Crippen LogP contribution in [0.5, 0.6) is 0 Å². The molecule has 1 heterocycles. The first-order valence-electron chi connectivity index (χ1n) is 9.35. The van der Waals surface area contributed by atoms with Crippen molar-refractivity contribution in [3.8, 4) is 0 Å². The molecular weight excluding hydrogens is 330 g/mol. The lowest BCUT2D eigenvalue weighted by Crippen LogP contribution is -2.52. The summed E-state index contributed by atoms with van der Waals surface area (Å²) >= 11 is 0. The Morgan fingerprint density at radius 1 is 1.23 bits per heavy atom. The number of amides is 1. The Bertz CT molecular complexity index is 612. The van der Waals surface area contributed by atoms with Crippen LogP contribution in [0.4, 0.5) is 5.69 Å². The molecule has 0 aromatic heterocycles. The largest absolute Gasteiger partial charge is 0.467 e. The first-order valence-corrected chi connectivity index (χ1v) is 9.35. The van der Waals surface area contributed by atoms with E-state index < -0.39 is 6.04 Å². The van der Waals surface area contributed by atoms with Crippen molar-refractivity contribution in [1.29, 1.82) is 0 Å². The van der Waals surface area contributed by atoms with Gasteiger partial charge >= 0.3 is 5.97 Å². The van der Waals surface area contributed by atoms with Crippen LogP contribution in [0.1, 0.15) is 25.8 Å². The second kappa shape index (κ2) is 9.57. The highest BCUT2D eigenvalue weighted by atomic mass is 16.5. The van der Waals surface area contributed by atoms with E-state index in [1.165, 1.54) is 18.4 Å². The molecule has 1 aliphatic rings. The van der Waals surface area contributed by atoms with E-state index in [0.717, 1.165) is 32.6 Å². The van der Waals surface area contributed by atoms with E-state index in [2.05, 4.69) is 46.3 Å². The predicted molar refractivity (Wildman–Crippen MR) is 103 cm³/mol. The Hall–Kier alpha value is -2.08. The molecule has 1 saturated heterocycles. The maximum atomic E-state index is 12.4. The third-order valence-electron chi connectivity index (χ3n) is 5.09. The van der Waals surface area contributed by atoms with Crippen molar-refractivity contribution in [2.24, 2.45) is 5.92 Å². The van der Waals surface area contributed by atoms with Crippen LogP contribution >= 0.6 is 0 Å². The fraction of sp³-hybridized carbons (Fsp3) is 0.600. The molecule has 26 heavy (non-hydrogen) atoms. The fourth-order valence-electron chi connectivity index (χ4n) is 3.21. The van der Waals surface area contributed by atoms with Crippen molar-refractivity contribution in [1.82, 2.24) is 10.2 Å².